The molecule has 0 aliphatic rings. The highest BCUT2D eigenvalue weighted by molar-refractivity contribution is 7.94. The highest BCUT2D eigenvalue weighted by Gasteiger charge is 2.26. The average Bonchev–Trinajstić information content (AvgIpc) is 2.57. The van der Waals surface area contributed by atoms with Gasteiger partial charge in [0, 0.05) is 28.2 Å². The predicted octanol–water partition coefficient (Wildman–Crippen LogP) is 3.63. The Kier molecular flexibility index (Phi) is 4.30. The molecule has 25 heavy (non-hydrogen) atoms. The van der Waals surface area contributed by atoms with E-state index in [0.29, 0.717) is 25.9 Å². The largest absolute Gasteiger partial charge is 0.322 e. The summed E-state index contributed by atoms with van der Waals surface area (Å²) in [4.78, 5) is 14.1. The minimum Gasteiger partial charge on any atom is -0.322 e. The number of aryl methyl sites for hydroxylation is 2. The van der Waals surface area contributed by atoms with Crippen LogP contribution in [-0.4, -0.2) is 13.4 Å². The Morgan fingerprint density at radius 3 is 2.48 bits per heavy atom. The molecule has 0 aliphatic heterocycles. The van der Waals surface area contributed by atoms with Gasteiger partial charge >= 0.3 is 0 Å². The van der Waals surface area contributed by atoms with Gasteiger partial charge in [-0.2, -0.15) is 12.2 Å². The summed E-state index contributed by atoms with van der Waals surface area (Å²) in [7, 11) is -4.15. The molecule has 1 heterocycles. The van der Waals surface area contributed by atoms with Gasteiger partial charge in [0.1, 0.15) is 5.82 Å². The maximum Gasteiger partial charge on any atom is 0.278 e. The lowest BCUT2D eigenvalue weighted by molar-refractivity contribution is 0.591. The zero-order chi connectivity index (χ0) is 18.4. The van der Waals surface area contributed by atoms with Crippen LogP contribution in [0.25, 0.3) is 10.9 Å². The molecule has 0 saturated heterocycles. The molecule has 0 unspecified atom stereocenters. The Balaban J connectivity index is 2.12. The van der Waals surface area contributed by atoms with Crippen molar-refractivity contribution in [3.8, 4) is 0 Å². The van der Waals surface area contributed by atoms with Crippen LogP contribution in [0.1, 0.15) is 11.1 Å². The number of anilines is 1. The van der Waals surface area contributed by atoms with Gasteiger partial charge < -0.3 is 4.98 Å². The molecule has 0 radical (unpaired) electrons. The minimum absolute atomic E-state index is 0.185. The first-order valence-corrected chi connectivity index (χ1v) is 9.09. The molecule has 0 atom stereocenters. The number of aromatic nitrogens is 1. The van der Waals surface area contributed by atoms with Crippen LogP contribution in [0.2, 0.25) is 0 Å². The SMILES string of the molecule is Cc1ccc(F)cc1S(=O)(=O)N(Cl)c1ccc2[nH]c(=O)c(C)cc2c1. The number of halogens is 2. The van der Waals surface area contributed by atoms with Crippen LogP contribution >= 0.6 is 11.8 Å². The van der Waals surface area contributed by atoms with E-state index < -0.39 is 15.8 Å². The van der Waals surface area contributed by atoms with Crippen molar-refractivity contribution in [3.63, 3.8) is 0 Å². The third-order valence-electron chi connectivity index (χ3n) is 3.86. The number of H-pyrrole nitrogens is 1. The van der Waals surface area contributed by atoms with E-state index in [4.69, 9.17) is 11.8 Å². The Morgan fingerprint density at radius 2 is 1.76 bits per heavy atom. The molecule has 3 rings (SSSR count). The molecule has 0 aliphatic carbocycles. The van der Waals surface area contributed by atoms with E-state index in [9.17, 15) is 17.6 Å². The normalized spacial score (nSPS) is 11.7. The zero-order valence-electron chi connectivity index (χ0n) is 13.4. The molecule has 0 spiro atoms. The summed E-state index contributed by atoms with van der Waals surface area (Å²) in [6.45, 7) is 3.21. The molecule has 1 aromatic heterocycles. The fraction of sp³-hybridized carbons (Fsp3) is 0.118. The van der Waals surface area contributed by atoms with Crippen molar-refractivity contribution in [1.82, 2.24) is 4.98 Å². The topological polar surface area (TPSA) is 70.2 Å². The zero-order valence-corrected chi connectivity index (χ0v) is 15.0. The smallest absolute Gasteiger partial charge is 0.278 e. The van der Waals surface area contributed by atoms with Crippen LogP contribution in [-0.2, 0) is 10.0 Å². The van der Waals surface area contributed by atoms with E-state index in [1.807, 2.05) is 0 Å². The minimum atomic E-state index is -4.15. The van der Waals surface area contributed by atoms with Gasteiger partial charge in [0.05, 0.1) is 10.6 Å². The number of benzene rings is 2. The highest BCUT2D eigenvalue weighted by atomic mass is 35.5. The lowest BCUT2D eigenvalue weighted by atomic mass is 10.1. The van der Waals surface area contributed by atoms with Crippen molar-refractivity contribution in [3.05, 3.63) is 69.8 Å². The maximum absolute atomic E-state index is 13.5. The van der Waals surface area contributed by atoms with Crippen molar-refractivity contribution in [2.24, 2.45) is 0 Å². The van der Waals surface area contributed by atoms with Crippen LogP contribution in [0, 0.1) is 19.7 Å². The summed E-state index contributed by atoms with van der Waals surface area (Å²) in [5.41, 5.74) is 1.40. The van der Waals surface area contributed by atoms with Gasteiger partial charge in [0.15, 0.2) is 0 Å². The molecule has 3 aromatic rings. The quantitative estimate of drug-likeness (QED) is 0.705. The molecular formula is C17H14ClFN2O3S. The van der Waals surface area contributed by atoms with E-state index in [2.05, 4.69) is 4.98 Å². The van der Waals surface area contributed by atoms with E-state index in [1.54, 1.807) is 26.0 Å². The average molecular weight is 381 g/mol. The lowest BCUT2D eigenvalue weighted by Crippen LogP contribution is -2.22. The monoisotopic (exact) mass is 380 g/mol. The fourth-order valence-electron chi connectivity index (χ4n) is 2.49. The number of hydrogen-bond donors (Lipinski definition) is 1. The van der Waals surface area contributed by atoms with Crippen molar-refractivity contribution in [2.75, 3.05) is 3.82 Å². The first-order chi connectivity index (χ1) is 11.7. The molecule has 2 aromatic carbocycles. The van der Waals surface area contributed by atoms with Crippen molar-refractivity contribution in [1.29, 1.82) is 0 Å². The van der Waals surface area contributed by atoms with Gasteiger partial charge in [0.2, 0.25) is 0 Å². The molecule has 5 nitrogen and oxygen atoms in total. The van der Waals surface area contributed by atoms with E-state index in [-0.39, 0.29) is 16.1 Å². The number of sulfonamides is 1. The Labute approximate surface area is 148 Å². The van der Waals surface area contributed by atoms with E-state index >= 15 is 0 Å². The predicted molar refractivity (Wildman–Crippen MR) is 96.0 cm³/mol. The van der Waals surface area contributed by atoms with Crippen LogP contribution in [0.15, 0.2) is 52.2 Å². The molecule has 0 fully saturated rings. The summed E-state index contributed by atoms with van der Waals surface area (Å²) in [6.07, 6.45) is 0. The van der Waals surface area contributed by atoms with E-state index in [1.165, 1.54) is 24.3 Å². The number of nitrogens with zero attached hydrogens (tertiary/aromatic N) is 1. The lowest BCUT2D eigenvalue weighted by Gasteiger charge is -2.18. The summed E-state index contributed by atoms with van der Waals surface area (Å²) in [5, 5.41) is 0.631. The van der Waals surface area contributed by atoms with Gasteiger partial charge in [-0.1, -0.05) is 6.07 Å². The Bertz CT molecular complexity index is 1140. The second kappa shape index (κ2) is 6.16. The van der Waals surface area contributed by atoms with Gasteiger partial charge in [-0.15, -0.1) is 0 Å². The molecule has 8 heteroatoms. The molecule has 0 saturated carbocycles. The molecule has 0 amide bonds. The fourth-order valence-corrected chi connectivity index (χ4v) is 4.12. The van der Waals surface area contributed by atoms with Gasteiger partial charge in [-0.3, -0.25) is 4.79 Å². The Morgan fingerprint density at radius 1 is 1.04 bits per heavy atom. The first kappa shape index (κ1) is 17.4. The second-order valence-corrected chi connectivity index (χ2v) is 7.98. The number of pyridine rings is 1. The van der Waals surface area contributed by atoms with Crippen LogP contribution < -0.4 is 9.38 Å². The highest BCUT2D eigenvalue weighted by Crippen LogP contribution is 2.30. The standard InChI is InChI=1S/C17H14ClFN2O3S/c1-10-3-4-13(19)9-16(10)25(23,24)21(18)14-5-6-15-12(8-14)7-11(2)17(22)20-15/h3-9H,1-2H3,(H,20,22). The third kappa shape index (κ3) is 3.12. The summed E-state index contributed by atoms with van der Waals surface area (Å²) in [6, 6.07) is 9.70. The van der Waals surface area contributed by atoms with Crippen LogP contribution in [0.4, 0.5) is 10.1 Å². The third-order valence-corrected chi connectivity index (χ3v) is 6.22. The van der Waals surface area contributed by atoms with Crippen LogP contribution in [0.3, 0.4) is 0 Å². The first-order valence-electron chi connectivity index (χ1n) is 7.31. The summed E-state index contributed by atoms with van der Waals surface area (Å²) in [5.74, 6) is -0.666. The van der Waals surface area contributed by atoms with E-state index in [0.717, 1.165) is 6.07 Å². The van der Waals surface area contributed by atoms with Gasteiger partial charge in [-0.05, 0) is 55.8 Å². The van der Waals surface area contributed by atoms with Crippen molar-refractivity contribution < 1.29 is 12.8 Å². The Hall–Kier alpha value is -2.38. The molecule has 1 N–H and O–H groups in total. The number of fused-ring (bicyclic) bond motifs is 1. The van der Waals surface area contributed by atoms with Crippen LogP contribution in [0.5, 0.6) is 0 Å². The molecule has 130 valence electrons. The molecular weight excluding hydrogens is 367 g/mol. The van der Waals surface area contributed by atoms with Gasteiger partial charge in [0.25, 0.3) is 15.6 Å². The summed E-state index contributed by atoms with van der Waals surface area (Å²) < 4.78 is 39.5. The number of nitrogens with one attached hydrogen (secondary N) is 1. The maximum atomic E-state index is 13.5. The molecule has 0 bridgehead atoms. The van der Waals surface area contributed by atoms with Crippen molar-refractivity contribution >= 4 is 38.4 Å². The number of aromatic amines is 1. The van der Waals surface area contributed by atoms with Gasteiger partial charge in [-0.25, -0.2) is 4.39 Å². The second-order valence-electron chi connectivity index (χ2n) is 5.68. The summed E-state index contributed by atoms with van der Waals surface area (Å²) >= 11 is 6.08. The number of hydrogen-bond acceptors (Lipinski definition) is 3. The number of rotatable bonds is 3. The van der Waals surface area contributed by atoms with Crippen molar-refractivity contribution in [2.45, 2.75) is 18.7 Å².